The van der Waals surface area contributed by atoms with Gasteiger partial charge in [0.15, 0.2) is 12.6 Å². The highest BCUT2D eigenvalue weighted by atomic mass is 16.9. The van der Waals surface area contributed by atoms with E-state index in [1.165, 1.54) is 32.1 Å². The van der Waals surface area contributed by atoms with E-state index in [1.54, 1.807) is 0 Å². The summed E-state index contributed by atoms with van der Waals surface area (Å²) in [6, 6.07) is 0. The van der Waals surface area contributed by atoms with Crippen LogP contribution in [0.2, 0.25) is 0 Å². The third-order valence-electron chi connectivity index (χ3n) is 6.92. The van der Waals surface area contributed by atoms with Gasteiger partial charge < -0.3 is 28.8 Å². The van der Waals surface area contributed by atoms with Crippen LogP contribution < -0.4 is 0 Å². The zero-order valence-corrected chi connectivity index (χ0v) is 27.3. The molecule has 0 rings (SSSR count). The van der Waals surface area contributed by atoms with E-state index in [-0.39, 0.29) is 5.92 Å². The van der Waals surface area contributed by atoms with Crippen molar-refractivity contribution in [2.24, 2.45) is 17.8 Å². The maximum atomic E-state index is 10.4. The molecule has 0 saturated carbocycles. The van der Waals surface area contributed by atoms with E-state index < -0.39 is 18.6 Å². The molecule has 3 unspecified atom stereocenters. The Hall–Kier alpha value is -0.240. The van der Waals surface area contributed by atoms with Crippen molar-refractivity contribution in [2.45, 2.75) is 170 Å². The smallest absolute Gasteiger partial charge is 0.282 e. The van der Waals surface area contributed by atoms with E-state index in [4.69, 9.17) is 23.7 Å². The number of unbranched alkanes of at least 4 members (excludes halogenated alkanes) is 7. The van der Waals surface area contributed by atoms with Crippen molar-refractivity contribution < 1.29 is 28.8 Å². The van der Waals surface area contributed by atoms with Gasteiger partial charge >= 0.3 is 0 Å². The minimum absolute atomic E-state index is 0.00913. The minimum atomic E-state index is -1.04. The molecule has 0 aliphatic rings. The monoisotopic (exact) mass is 561 g/mol. The van der Waals surface area contributed by atoms with Crippen molar-refractivity contribution in [1.29, 1.82) is 0 Å². The fourth-order valence-electron chi connectivity index (χ4n) is 4.18. The molecule has 0 aliphatic heterocycles. The molecule has 3 atom stereocenters. The summed E-state index contributed by atoms with van der Waals surface area (Å²) in [4.78, 5) is 0. The zero-order chi connectivity index (χ0) is 29.4. The van der Waals surface area contributed by atoms with Crippen molar-refractivity contribution in [3.05, 3.63) is 0 Å². The molecule has 0 bridgehead atoms. The second-order valence-electron chi connectivity index (χ2n) is 12.4. The largest absolute Gasteiger partial charge is 0.368 e. The summed E-state index contributed by atoms with van der Waals surface area (Å²) in [6.07, 6.45) is 14.3. The Morgan fingerprint density at radius 1 is 0.564 bits per heavy atom. The minimum Gasteiger partial charge on any atom is -0.368 e. The molecular formula is C33H68O6. The first-order valence-electron chi connectivity index (χ1n) is 16.5. The third kappa shape index (κ3) is 23.1. The molecule has 0 heterocycles. The molecule has 0 aromatic carbocycles. The SMILES string of the molecule is CCCCCCCOC(CCCC(OCCCCCC)(OCCCC(C)C)OCCC(C)C)OC(O)C(C)C. The molecule has 236 valence electrons. The van der Waals surface area contributed by atoms with Crippen LogP contribution in [0.5, 0.6) is 0 Å². The maximum absolute atomic E-state index is 10.4. The number of aliphatic hydroxyl groups excluding tert-OH is 1. The van der Waals surface area contributed by atoms with Gasteiger partial charge in [-0.25, -0.2) is 0 Å². The summed E-state index contributed by atoms with van der Waals surface area (Å²) in [5.74, 6) is 0.160. The van der Waals surface area contributed by atoms with Gasteiger partial charge in [0.25, 0.3) is 5.97 Å². The van der Waals surface area contributed by atoms with Gasteiger partial charge in [-0.2, -0.15) is 0 Å². The van der Waals surface area contributed by atoms with Crippen LogP contribution in [0, 0.1) is 17.8 Å². The molecule has 1 N–H and O–H groups in total. The van der Waals surface area contributed by atoms with Crippen molar-refractivity contribution >= 4 is 0 Å². The summed E-state index contributed by atoms with van der Waals surface area (Å²) in [7, 11) is 0. The lowest BCUT2D eigenvalue weighted by Gasteiger charge is -2.34. The van der Waals surface area contributed by atoms with Crippen molar-refractivity contribution in [3.8, 4) is 0 Å². The standard InChI is InChI=1S/C33H68O6/c1-9-11-13-15-16-24-35-31(39-32(34)30(7)8)21-18-23-33(38-27-22-29(5)6,36-25-17-14-12-10-2)37-26-19-20-28(3)4/h28-32,34H,9-27H2,1-8H3. The first-order valence-corrected chi connectivity index (χ1v) is 16.5. The van der Waals surface area contributed by atoms with Crippen molar-refractivity contribution in [3.63, 3.8) is 0 Å². The lowest BCUT2D eigenvalue weighted by molar-refractivity contribution is -0.385. The summed E-state index contributed by atoms with van der Waals surface area (Å²) in [5.41, 5.74) is 0. The van der Waals surface area contributed by atoms with Gasteiger partial charge in [-0.1, -0.05) is 100 Å². The van der Waals surface area contributed by atoms with Crippen LogP contribution in [-0.2, 0) is 23.7 Å². The van der Waals surface area contributed by atoms with E-state index in [2.05, 4.69) is 41.5 Å². The van der Waals surface area contributed by atoms with Gasteiger partial charge in [-0.3, -0.25) is 0 Å². The van der Waals surface area contributed by atoms with E-state index in [0.29, 0.717) is 51.1 Å². The third-order valence-corrected chi connectivity index (χ3v) is 6.92. The van der Waals surface area contributed by atoms with Crippen molar-refractivity contribution in [2.75, 3.05) is 26.4 Å². The molecule has 0 fully saturated rings. The number of rotatable bonds is 29. The molecule has 0 amide bonds. The first kappa shape index (κ1) is 38.8. The summed E-state index contributed by atoms with van der Waals surface area (Å²) >= 11 is 0. The molecule has 6 nitrogen and oxygen atoms in total. The molecule has 0 aromatic heterocycles. The Morgan fingerprint density at radius 2 is 1.10 bits per heavy atom. The quantitative estimate of drug-likeness (QED) is 0.0726. The van der Waals surface area contributed by atoms with Crippen LogP contribution in [0.15, 0.2) is 0 Å². The molecule has 39 heavy (non-hydrogen) atoms. The molecule has 0 saturated heterocycles. The maximum Gasteiger partial charge on any atom is 0.282 e. The van der Waals surface area contributed by atoms with Crippen LogP contribution in [0.3, 0.4) is 0 Å². The summed E-state index contributed by atoms with van der Waals surface area (Å²) in [5, 5.41) is 10.4. The van der Waals surface area contributed by atoms with Crippen LogP contribution in [-0.4, -0.2) is 50.1 Å². The van der Waals surface area contributed by atoms with Crippen LogP contribution in [0.4, 0.5) is 0 Å². The fourth-order valence-corrected chi connectivity index (χ4v) is 4.18. The van der Waals surface area contributed by atoms with E-state index in [0.717, 1.165) is 51.4 Å². The Kier molecular flexibility index (Phi) is 25.3. The van der Waals surface area contributed by atoms with Gasteiger partial charge in [0, 0.05) is 18.9 Å². The second kappa shape index (κ2) is 25.5. The number of hydrogen-bond donors (Lipinski definition) is 1. The highest BCUT2D eigenvalue weighted by molar-refractivity contribution is 4.64. The predicted octanol–water partition coefficient (Wildman–Crippen LogP) is 9.23. The molecule has 0 aliphatic carbocycles. The Morgan fingerprint density at radius 3 is 1.69 bits per heavy atom. The van der Waals surface area contributed by atoms with E-state index in [9.17, 15) is 5.11 Å². The van der Waals surface area contributed by atoms with Crippen molar-refractivity contribution in [1.82, 2.24) is 0 Å². The predicted molar refractivity (Wildman–Crippen MR) is 163 cm³/mol. The highest BCUT2D eigenvalue weighted by Gasteiger charge is 2.34. The van der Waals surface area contributed by atoms with Gasteiger partial charge in [-0.05, 0) is 56.8 Å². The van der Waals surface area contributed by atoms with Crippen LogP contribution >= 0.6 is 0 Å². The Balaban J connectivity index is 5.27. The first-order chi connectivity index (χ1) is 18.7. The fraction of sp³-hybridized carbons (Fsp3) is 1.00. The average Bonchev–Trinajstić information content (AvgIpc) is 2.87. The van der Waals surface area contributed by atoms with Crippen LogP contribution in [0.1, 0.15) is 152 Å². The van der Waals surface area contributed by atoms with Gasteiger partial charge in [0.05, 0.1) is 19.8 Å². The molecular weight excluding hydrogens is 492 g/mol. The Labute approximate surface area is 243 Å². The summed E-state index contributed by atoms with van der Waals surface area (Å²) < 4.78 is 31.3. The summed E-state index contributed by atoms with van der Waals surface area (Å²) in [6.45, 7) is 19.8. The van der Waals surface area contributed by atoms with Gasteiger partial charge in [0.2, 0.25) is 0 Å². The molecule has 6 heteroatoms. The van der Waals surface area contributed by atoms with Gasteiger partial charge in [-0.15, -0.1) is 0 Å². The topological polar surface area (TPSA) is 66.4 Å². The van der Waals surface area contributed by atoms with E-state index in [1.807, 2.05) is 13.8 Å². The van der Waals surface area contributed by atoms with Crippen LogP contribution in [0.25, 0.3) is 0 Å². The highest BCUT2D eigenvalue weighted by Crippen LogP contribution is 2.27. The van der Waals surface area contributed by atoms with E-state index >= 15 is 0 Å². The number of ether oxygens (including phenoxy) is 5. The molecule has 0 spiro atoms. The lowest BCUT2D eigenvalue weighted by Crippen LogP contribution is -2.41. The van der Waals surface area contributed by atoms with Gasteiger partial charge in [0.1, 0.15) is 0 Å². The zero-order valence-electron chi connectivity index (χ0n) is 27.3. The molecule has 0 radical (unpaired) electrons. The Bertz CT molecular complexity index is 512. The lowest BCUT2D eigenvalue weighted by atomic mass is 10.1. The average molecular weight is 561 g/mol. The normalized spacial score (nSPS) is 15.4. The number of aliphatic hydroxyl groups is 1. The molecule has 0 aromatic rings. The second-order valence-corrected chi connectivity index (χ2v) is 12.4. The number of hydrogen-bond acceptors (Lipinski definition) is 6.